The van der Waals surface area contributed by atoms with Gasteiger partial charge in [0.2, 0.25) is 0 Å². The van der Waals surface area contributed by atoms with Crippen LogP contribution >= 0.6 is 0 Å². The molecule has 104 valence electrons. The van der Waals surface area contributed by atoms with Crippen molar-refractivity contribution in [1.82, 2.24) is 0 Å². The zero-order valence-corrected chi connectivity index (χ0v) is 11.1. The maximum Gasteiger partial charge on any atom is 0.335 e. The number of aliphatic imine (C=N–C) groups is 2. The summed E-state index contributed by atoms with van der Waals surface area (Å²) in [4.78, 5) is 31.5. The predicted molar refractivity (Wildman–Crippen MR) is 78.8 cm³/mol. The van der Waals surface area contributed by atoms with Gasteiger partial charge in [0.25, 0.3) is 5.91 Å². The van der Waals surface area contributed by atoms with Gasteiger partial charge >= 0.3 is 5.97 Å². The molecule has 0 radical (unpaired) electrons. The second kappa shape index (κ2) is 5.28. The summed E-state index contributed by atoms with van der Waals surface area (Å²) >= 11 is 0. The number of aromatic carboxylic acids is 1. The van der Waals surface area contributed by atoms with E-state index in [2.05, 4.69) is 9.98 Å². The Morgan fingerprint density at radius 3 is 2.81 bits per heavy atom. The van der Waals surface area contributed by atoms with Crippen LogP contribution in [0.2, 0.25) is 0 Å². The summed E-state index contributed by atoms with van der Waals surface area (Å²) in [6, 6.07) is 6.66. The number of fused-ring (bicyclic) bond motifs is 1. The molecule has 1 unspecified atom stereocenters. The number of carbonyl (C=O) groups is 2. The Hall–Kier alpha value is -2.82. The molecule has 21 heavy (non-hydrogen) atoms. The molecule has 0 spiro atoms. The minimum Gasteiger partial charge on any atom is -0.478 e. The zero-order chi connectivity index (χ0) is 14.8. The second-order valence-electron chi connectivity index (χ2n) is 4.76. The standard InChI is InChI=1S/C16H12N2O3/c19-15-12-7-3-4-8-13(12)17-14(18-15)9-10-5-1-2-6-11(10)16(20)21/h1-8,12H,9H2,(H,20,21). The van der Waals surface area contributed by atoms with Crippen molar-refractivity contribution in [2.45, 2.75) is 6.42 Å². The number of benzene rings is 1. The molecule has 1 aliphatic heterocycles. The van der Waals surface area contributed by atoms with Crippen molar-refractivity contribution in [3.8, 4) is 0 Å². The van der Waals surface area contributed by atoms with Gasteiger partial charge in [-0.3, -0.25) is 4.79 Å². The summed E-state index contributed by atoms with van der Waals surface area (Å²) in [7, 11) is 0. The number of allylic oxidation sites excluding steroid dienone is 3. The van der Waals surface area contributed by atoms with Crippen LogP contribution in [0.1, 0.15) is 15.9 Å². The topological polar surface area (TPSA) is 79.1 Å². The molecule has 1 aromatic rings. The van der Waals surface area contributed by atoms with E-state index in [9.17, 15) is 14.7 Å². The Morgan fingerprint density at radius 1 is 1.19 bits per heavy atom. The number of hydrogen-bond acceptors (Lipinski definition) is 3. The Balaban J connectivity index is 1.91. The molecule has 3 rings (SSSR count). The molecule has 0 bridgehead atoms. The van der Waals surface area contributed by atoms with Gasteiger partial charge < -0.3 is 5.11 Å². The van der Waals surface area contributed by atoms with Crippen molar-refractivity contribution >= 4 is 23.4 Å². The third-order valence-electron chi connectivity index (χ3n) is 3.36. The van der Waals surface area contributed by atoms with Gasteiger partial charge in [-0.15, -0.1) is 0 Å². The van der Waals surface area contributed by atoms with E-state index >= 15 is 0 Å². The summed E-state index contributed by atoms with van der Waals surface area (Å²) in [6.07, 6.45) is 7.37. The van der Waals surface area contributed by atoms with Crippen molar-refractivity contribution in [3.63, 3.8) is 0 Å². The monoisotopic (exact) mass is 280 g/mol. The molecule has 0 saturated carbocycles. The number of nitrogens with zero attached hydrogens (tertiary/aromatic N) is 2. The number of hydrogen-bond donors (Lipinski definition) is 1. The summed E-state index contributed by atoms with van der Waals surface area (Å²) in [5.74, 6) is -1.32. The average molecular weight is 280 g/mol. The largest absolute Gasteiger partial charge is 0.478 e. The van der Waals surface area contributed by atoms with Crippen LogP contribution in [0.4, 0.5) is 0 Å². The van der Waals surface area contributed by atoms with E-state index in [-0.39, 0.29) is 17.9 Å². The third-order valence-corrected chi connectivity index (χ3v) is 3.36. The van der Waals surface area contributed by atoms with E-state index in [1.54, 1.807) is 36.4 Å². The van der Waals surface area contributed by atoms with Gasteiger partial charge in [-0.2, -0.15) is 4.99 Å². The lowest BCUT2D eigenvalue weighted by atomic mass is 9.96. The highest BCUT2D eigenvalue weighted by Gasteiger charge is 2.26. The smallest absolute Gasteiger partial charge is 0.335 e. The number of carboxylic acid groups (broad SMARTS) is 1. The first-order valence-corrected chi connectivity index (χ1v) is 6.51. The van der Waals surface area contributed by atoms with E-state index in [4.69, 9.17) is 0 Å². The lowest BCUT2D eigenvalue weighted by Crippen LogP contribution is -2.27. The van der Waals surface area contributed by atoms with Crippen LogP contribution in [0.25, 0.3) is 0 Å². The van der Waals surface area contributed by atoms with Gasteiger partial charge in [0.05, 0.1) is 11.3 Å². The highest BCUT2D eigenvalue weighted by atomic mass is 16.4. The van der Waals surface area contributed by atoms with Crippen LogP contribution in [0, 0.1) is 5.92 Å². The molecule has 5 nitrogen and oxygen atoms in total. The van der Waals surface area contributed by atoms with E-state index in [0.29, 0.717) is 17.1 Å². The van der Waals surface area contributed by atoms with Crippen LogP contribution in [0.3, 0.4) is 0 Å². The maximum absolute atomic E-state index is 12.0. The minimum absolute atomic E-state index is 0.203. The quantitative estimate of drug-likeness (QED) is 0.920. The van der Waals surface area contributed by atoms with Crippen LogP contribution < -0.4 is 0 Å². The Bertz CT molecular complexity index is 742. The van der Waals surface area contributed by atoms with Gasteiger partial charge in [-0.25, -0.2) is 9.79 Å². The van der Waals surface area contributed by atoms with Gasteiger partial charge in [0.15, 0.2) is 0 Å². The number of amidine groups is 1. The Morgan fingerprint density at radius 2 is 2.00 bits per heavy atom. The molecule has 0 fully saturated rings. The third kappa shape index (κ3) is 2.58. The number of carboxylic acids is 1. The fourth-order valence-corrected chi connectivity index (χ4v) is 2.35. The molecule has 1 heterocycles. The second-order valence-corrected chi connectivity index (χ2v) is 4.76. The van der Waals surface area contributed by atoms with Crippen LogP contribution in [0.5, 0.6) is 0 Å². The van der Waals surface area contributed by atoms with Crippen LogP contribution in [-0.4, -0.2) is 28.5 Å². The van der Waals surface area contributed by atoms with E-state index < -0.39 is 11.9 Å². The van der Waals surface area contributed by atoms with Gasteiger partial charge in [0, 0.05) is 6.42 Å². The van der Waals surface area contributed by atoms with Crippen molar-refractivity contribution in [1.29, 1.82) is 0 Å². The molecular formula is C16H12N2O3. The first-order valence-electron chi connectivity index (χ1n) is 6.51. The Labute approximate surface area is 121 Å². The predicted octanol–water partition coefficient (Wildman–Crippen LogP) is 2.05. The molecule has 1 aromatic carbocycles. The van der Waals surface area contributed by atoms with E-state index in [1.807, 2.05) is 6.08 Å². The summed E-state index contributed by atoms with van der Waals surface area (Å²) < 4.78 is 0. The van der Waals surface area contributed by atoms with Gasteiger partial charge in [0.1, 0.15) is 11.8 Å². The molecule has 0 aromatic heterocycles. The minimum atomic E-state index is -1.00. The molecule has 2 aliphatic rings. The summed E-state index contributed by atoms with van der Waals surface area (Å²) in [6.45, 7) is 0. The zero-order valence-electron chi connectivity index (χ0n) is 11.1. The van der Waals surface area contributed by atoms with Crippen molar-refractivity contribution in [3.05, 3.63) is 59.7 Å². The average Bonchev–Trinajstić information content (AvgIpc) is 2.47. The number of rotatable bonds is 3. The van der Waals surface area contributed by atoms with Gasteiger partial charge in [-0.1, -0.05) is 36.4 Å². The Kier molecular flexibility index (Phi) is 3.31. The van der Waals surface area contributed by atoms with Crippen LogP contribution in [0.15, 0.2) is 58.6 Å². The highest BCUT2D eigenvalue weighted by molar-refractivity contribution is 6.21. The fourth-order valence-electron chi connectivity index (χ4n) is 2.35. The molecular weight excluding hydrogens is 268 g/mol. The molecule has 1 N–H and O–H groups in total. The van der Waals surface area contributed by atoms with Crippen molar-refractivity contribution < 1.29 is 14.7 Å². The van der Waals surface area contributed by atoms with Crippen molar-refractivity contribution in [2.24, 2.45) is 15.9 Å². The van der Waals surface area contributed by atoms with E-state index in [0.717, 1.165) is 0 Å². The van der Waals surface area contributed by atoms with Crippen LogP contribution in [-0.2, 0) is 11.2 Å². The summed E-state index contributed by atoms with van der Waals surface area (Å²) in [5, 5.41) is 9.17. The molecule has 1 atom stereocenters. The van der Waals surface area contributed by atoms with E-state index in [1.165, 1.54) is 6.07 Å². The SMILES string of the molecule is O=C(O)c1ccccc1CC1=NC(=O)C2C=CC=CC2=N1. The maximum atomic E-state index is 12.0. The lowest BCUT2D eigenvalue weighted by molar-refractivity contribution is -0.118. The number of carbonyl (C=O) groups excluding carboxylic acids is 1. The summed E-state index contributed by atoms with van der Waals surface area (Å²) in [5.41, 5.74) is 1.45. The fraction of sp³-hybridized carbons (Fsp3) is 0.125. The highest BCUT2D eigenvalue weighted by Crippen LogP contribution is 2.18. The first-order chi connectivity index (χ1) is 10.1. The molecule has 1 amide bonds. The molecule has 5 heteroatoms. The molecule has 0 saturated heterocycles. The number of amides is 1. The lowest BCUT2D eigenvalue weighted by Gasteiger charge is -2.17. The van der Waals surface area contributed by atoms with Crippen molar-refractivity contribution in [2.75, 3.05) is 0 Å². The first kappa shape index (κ1) is 13.2. The normalized spacial score (nSPS) is 19.8. The van der Waals surface area contributed by atoms with Gasteiger partial charge in [-0.05, 0) is 17.7 Å². The molecule has 1 aliphatic carbocycles.